The molecule has 36 heavy (non-hydrogen) atoms. The molecular weight excluding hydrogens is 474 g/mol. The number of benzene rings is 3. The Bertz CT molecular complexity index is 1740. The van der Waals surface area contributed by atoms with E-state index in [9.17, 15) is 4.79 Å². The Hall–Kier alpha value is -4.43. The number of thiazole rings is 1. The summed E-state index contributed by atoms with van der Waals surface area (Å²) in [5, 5.41) is 4.46. The van der Waals surface area contributed by atoms with Crippen LogP contribution in [0.15, 0.2) is 89.2 Å². The molecule has 0 aliphatic carbocycles. The third-order valence-electron chi connectivity index (χ3n) is 6.18. The fourth-order valence-electron chi connectivity index (χ4n) is 4.45. The van der Waals surface area contributed by atoms with Crippen molar-refractivity contribution < 1.29 is 14.2 Å². The molecule has 2 atom stereocenters. The number of hydrogen-bond acceptors (Lipinski definition) is 7. The maximum absolute atomic E-state index is 13.3. The maximum Gasteiger partial charge on any atom is 0.291 e. The summed E-state index contributed by atoms with van der Waals surface area (Å²) >= 11 is 1.30. The minimum absolute atomic E-state index is 0.225. The van der Waals surface area contributed by atoms with E-state index in [1.165, 1.54) is 15.9 Å². The minimum Gasteiger partial charge on any atom is -0.485 e. The molecule has 0 saturated heterocycles. The summed E-state index contributed by atoms with van der Waals surface area (Å²) in [6.07, 6.45) is 3.15. The fraction of sp³-hybridized carbons (Fsp3) is 0.107. The van der Waals surface area contributed by atoms with E-state index in [1.54, 1.807) is 0 Å². The molecule has 5 aromatic rings. The Labute approximate surface area is 209 Å². The van der Waals surface area contributed by atoms with Crippen molar-refractivity contribution in [3.8, 4) is 17.2 Å². The molecule has 0 N–H and O–H groups in total. The number of hydrogen-bond donors (Lipinski definition) is 0. The molecule has 8 heteroatoms. The molecule has 7 rings (SSSR count). The number of para-hydroxylation sites is 3. The summed E-state index contributed by atoms with van der Waals surface area (Å²) < 4.78 is 20.0. The Morgan fingerprint density at radius 1 is 0.889 bits per heavy atom. The molecule has 7 nitrogen and oxygen atoms in total. The molecule has 0 amide bonds. The summed E-state index contributed by atoms with van der Waals surface area (Å²) in [6.45, 7) is 0.282. The lowest BCUT2D eigenvalue weighted by molar-refractivity contribution is 0.0852. The molecule has 2 unspecified atom stereocenters. The van der Waals surface area contributed by atoms with Gasteiger partial charge in [0, 0.05) is 5.56 Å². The summed E-state index contributed by atoms with van der Waals surface area (Å²) in [7, 11) is 0. The topological polar surface area (TPSA) is 75.0 Å². The second kappa shape index (κ2) is 8.35. The second-order valence-electron chi connectivity index (χ2n) is 8.54. The zero-order valence-corrected chi connectivity index (χ0v) is 19.7. The highest BCUT2D eigenvalue weighted by Crippen LogP contribution is 2.38. The van der Waals surface area contributed by atoms with Crippen molar-refractivity contribution in [3.63, 3.8) is 0 Å². The monoisotopic (exact) mass is 493 g/mol. The molecule has 176 valence electrons. The van der Waals surface area contributed by atoms with Crippen molar-refractivity contribution in [2.24, 2.45) is 0 Å². The molecule has 0 spiro atoms. The smallest absolute Gasteiger partial charge is 0.291 e. The summed E-state index contributed by atoms with van der Waals surface area (Å²) in [4.78, 5) is 18.4. The van der Waals surface area contributed by atoms with Gasteiger partial charge in [-0.25, -0.2) is 0 Å². The van der Waals surface area contributed by atoms with Crippen LogP contribution in [-0.2, 0) is 0 Å². The van der Waals surface area contributed by atoms with Crippen LogP contribution in [0.2, 0.25) is 0 Å². The first kappa shape index (κ1) is 20.9. The normalized spacial score (nSPS) is 19.0. The molecule has 0 fully saturated rings. The molecule has 2 aliphatic heterocycles. The van der Waals surface area contributed by atoms with Gasteiger partial charge in [-0.05, 0) is 41.5 Å². The number of aromatic nitrogens is 3. The maximum atomic E-state index is 13.3. The van der Waals surface area contributed by atoms with Gasteiger partial charge in [0.1, 0.15) is 18.5 Å². The van der Waals surface area contributed by atoms with Crippen LogP contribution in [0.5, 0.6) is 17.2 Å². The number of ether oxygens (including phenoxy) is 3. The quantitative estimate of drug-likeness (QED) is 0.371. The summed E-state index contributed by atoms with van der Waals surface area (Å²) in [5.41, 5.74) is 2.65. The number of fused-ring (bicyclic) bond motifs is 3. The molecule has 2 aromatic heterocycles. The van der Waals surface area contributed by atoms with E-state index in [0.717, 1.165) is 22.4 Å². The second-order valence-corrected chi connectivity index (χ2v) is 9.54. The number of rotatable bonds is 3. The Morgan fingerprint density at radius 2 is 1.64 bits per heavy atom. The highest BCUT2D eigenvalue weighted by atomic mass is 32.1. The van der Waals surface area contributed by atoms with Crippen LogP contribution in [0, 0.1) is 0 Å². The van der Waals surface area contributed by atoms with Crippen molar-refractivity contribution in [1.82, 2.24) is 14.6 Å². The van der Waals surface area contributed by atoms with Gasteiger partial charge in [0.15, 0.2) is 23.4 Å². The lowest BCUT2D eigenvalue weighted by Crippen LogP contribution is -2.26. The zero-order chi connectivity index (χ0) is 24.1. The van der Waals surface area contributed by atoms with E-state index < -0.39 is 6.10 Å². The third kappa shape index (κ3) is 3.54. The first-order valence-corrected chi connectivity index (χ1v) is 12.4. The van der Waals surface area contributed by atoms with Crippen LogP contribution in [0.3, 0.4) is 0 Å². The first-order chi connectivity index (χ1) is 17.7. The lowest BCUT2D eigenvalue weighted by atomic mass is 9.96. The Morgan fingerprint density at radius 3 is 2.47 bits per heavy atom. The van der Waals surface area contributed by atoms with Gasteiger partial charge in [0.05, 0.1) is 4.53 Å². The van der Waals surface area contributed by atoms with Gasteiger partial charge in [-0.3, -0.25) is 4.79 Å². The van der Waals surface area contributed by atoms with Crippen molar-refractivity contribution in [1.29, 1.82) is 0 Å². The molecule has 4 heterocycles. The van der Waals surface area contributed by atoms with Crippen LogP contribution in [0.4, 0.5) is 0 Å². The highest BCUT2D eigenvalue weighted by Gasteiger charge is 2.28. The first-order valence-electron chi connectivity index (χ1n) is 11.5. The van der Waals surface area contributed by atoms with Crippen LogP contribution >= 0.6 is 11.3 Å². The van der Waals surface area contributed by atoms with Crippen molar-refractivity contribution in [3.05, 3.63) is 116 Å². The van der Waals surface area contributed by atoms with Crippen molar-refractivity contribution in [2.45, 2.75) is 12.2 Å². The largest absolute Gasteiger partial charge is 0.485 e. The van der Waals surface area contributed by atoms with E-state index in [2.05, 4.69) is 16.2 Å². The predicted octanol–water partition coefficient (Wildman–Crippen LogP) is 4.38. The Balaban J connectivity index is 1.27. The summed E-state index contributed by atoms with van der Waals surface area (Å²) in [6, 6.07) is 25.3. The minimum atomic E-state index is -0.479. The third-order valence-corrected chi connectivity index (χ3v) is 7.14. The lowest BCUT2D eigenvalue weighted by Gasteiger charge is -2.26. The number of nitrogens with zero attached hydrogens (tertiary/aromatic N) is 3. The molecular formula is C28H19N3O4S. The van der Waals surface area contributed by atoms with Crippen LogP contribution in [-0.4, -0.2) is 21.2 Å². The average Bonchev–Trinajstić information content (AvgIpc) is 3.47. The van der Waals surface area contributed by atoms with Crippen LogP contribution in [0.25, 0.3) is 17.1 Å². The van der Waals surface area contributed by atoms with Gasteiger partial charge in [0.25, 0.3) is 5.56 Å². The van der Waals surface area contributed by atoms with E-state index in [-0.39, 0.29) is 18.3 Å². The zero-order valence-electron chi connectivity index (χ0n) is 18.9. The van der Waals surface area contributed by atoms with E-state index in [4.69, 9.17) is 14.2 Å². The fourth-order valence-corrected chi connectivity index (χ4v) is 5.36. The predicted molar refractivity (Wildman–Crippen MR) is 136 cm³/mol. The van der Waals surface area contributed by atoms with Gasteiger partial charge in [-0.1, -0.05) is 72.0 Å². The summed E-state index contributed by atoms with van der Waals surface area (Å²) in [5.74, 6) is 2.57. The van der Waals surface area contributed by atoms with Crippen molar-refractivity contribution >= 4 is 28.4 Å². The SMILES string of the molecule is O=c1/c(=C\C2=Cc3ccccc3OC2c2ccccc2)sc2nc(C3COc4ccccc4O3)nn12. The van der Waals surface area contributed by atoms with Gasteiger partial charge >= 0.3 is 0 Å². The molecule has 0 saturated carbocycles. The van der Waals surface area contributed by atoms with E-state index >= 15 is 0 Å². The van der Waals surface area contributed by atoms with Crippen molar-refractivity contribution in [2.75, 3.05) is 6.61 Å². The Kier molecular flexibility index (Phi) is 4.85. The van der Waals surface area contributed by atoms with Gasteiger partial charge in [0.2, 0.25) is 4.96 Å². The molecule has 2 aliphatic rings. The van der Waals surface area contributed by atoms with Crippen LogP contribution < -0.4 is 24.3 Å². The molecule has 0 radical (unpaired) electrons. The van der Waals surface area contributed by atoms with E-state index in [1.807, 2.05) is 84.9 Å². The van der Waals surface area contributed by atoms with Gasteiger partial charge in [-0.2, -0.15) is 9.50 Å². The highest BCUT2D eigenvalue weighted by molar-refractivity contribution is 7.15. The molecule has 0 bridgehead atoms. The standard InChI is InChI=1S/C28H19N3O4S/c32-27-24(15-19-14-18-10-4-5-11-20(18)35-25(19)17-8-2-1-3-9-17)36-28-29-26(30-31(27)28)23-16-33-21-12-6-7-13-22(21)34-23/h1-15,23,25H,16H2/b24-15+. The van der Waals surface area contributed by atoms with Gasteiger partial charge in [-0.15, -0.1) is 5.10 Å². The molecule has 3 aromatic carbocycles. The van der Waals surface area contributed by atoms with Gasteiger partial charge < -0.3 is 14.2 Å². The van der Waals surface area contributed by atoms with Crippen LogP contribution in [0.1, 0.15) is 29.2 Å². The average molecular weight is 494 g/mol. The van der Waals surface area contributed by atoms with E-state index in [0.29, 0.717) is 26.8 Å².